The highest BCUT2D eigenvalue weighted by Crippen LogP contribution is 2.30. The molecular weight excluding hydrogens is 363 g/mol. The maximum Gasteiger partial charge on any atom is 0.261 e. The first-order valence-corrected chi connectivity index (χ1v) is 9.57. The molecule has 5 nitrogen and oxygen atoms in total. The molecule has 7 heteroatoms. The molecule has 2 aromatic heterocycles. The Morgan fingerprint density at radius 1 is 1.33 bits per heavy atom. The minimum Gasteiger partial charge on any atom is -0.347 e. The lowest BCUT2D eigenvalue weighted by molar-refractivity contribution is 0.0942. The number of benzene rings is 1. The molecule has 3 N–H and O–H groups in total. The van der Waals surface area contributed by atoms with E-state index in [1.54, 1.807) is 16.9 Å². The largest absolute Gasteiger partial charge is 0.347 e. The van der Waals surface area contributed by atoms with Crippen molar-refractivity contribution in [2.24, 2.45) is 12.8 Å². The van der Waals surface area contributed by atoms with Gasteiger partial charge in [0.1, 0.15) is 6.67 Å². The number of carbonyl (C=O) groups excluding carboxylic acids is 1. The monoisotopic (exact) mass is 386 g/mol. The fourth-order valence-electron chi connectivity index (χ4n) is 3.06. The van der Waals surface area contributed by atoms with E-state index in [1.807, 2.05) is 44.3 Å². The number of nitrogens with two attached hydrogens (primary N) is 1. The summed E-state index contributed by atoms with van der Waals surface area (Å²) in [5.41, 5.74) is 9.42. The van der Waals surface area contributed by atoms with Crippen molar-refractivity contribution < 1.29 is 9.18 Å². The molecule has 0 saturated carbocycles. The van der Waals surface area contributed by atoms with Crippen molar-refractivity contribution in [3.63, 3.8) is 0 Å². The molecule has 3 rings (SSSR count). The summed E-state index contributed by atoms with van der Waals surface area (Å²) in [6.07, 6.45) is 2.30. The van der Waals surface area contributed by atoms with E-state index in [0.29, 0.717) is 23.4 Å². The van der Waals surface area contributed by atoms with Gasteiger partial charge in [-0.25, -0.2) is 4.39 Å². The molecule has 0 unspecified atom stereocenters. The number of thiophene rings is 1. The molecule has 0 spiro atoms. The molecule has 1 aromatic carbocycles. The average Bonchev–Trinajstić information content (AvgIpc) is 3.26. The Hall–Kier alpha value is -2.51. The molecule has 0 aliphatic carbocycles. The number of nitrogens with one attached hydrogen (secondary N) is 1. The smallest absolute Gasteiger partial charge is 0.261 e. The van der Waals surface area contributed by atoms with Gasteiger partial charge in [0.2, 0.25) is 0 Å². The van der Waals surface area contributed by atoms with Crippen LogP contribution in [-0.2, 0) is 20.1 Å². The van der Waals surface area contributed by atoms with Gasteiger partial charge in [0.15, 0.2) is 0 Å². The highest BCUT2D eigenvalue weighted by molar-refractivity contribution is 7.14. The quantitative estimate of drug-likeness (QED) is 0.655. The summed E-state index contributed by atoms with van der Waals surface area (Å²) < 4.78 is 14.6. The normalized spacial score (nSPS) is 12.1. The Morgan fingerprint density at radius 3 is 2.78 bits per heavy atom. The molecule has 0 fully saturated rings. The Kier molecular flexibility index (Phi) is 6.03. The fraction of sp³-hybridized carbons (Fsp3) is 0.300. The van der Waals surface area contributed by atoms with Crippen molar-refractivity contribution in [2.75, 3.05) is 6.54 Å². The van der Waals surface area contributed by atoms with Crippen LogP contribution < -0.4 is 11.1 Å². The number of nitrogens with zero attached hydrogens (tertiary/aromatic N) is 2. The van der Waals surface area contributed by atoms with Crippen molar-refractivity contribution >= 4 is 17.2 Å². The molecule has 0 saturated heterocycles. The van der Waals surface area contributed by atoms with Gasteiger partial charge in [0.05, 0.1) is 10.6 Å². The summed E-state index contributed by atoms with van der Waals surface area (Å²) in [5.74, 6) is -0.145. The van der Waals surface area contributed by atoms with Gasteiger partial charge in [-0.15, -0.1) is 11.3 Å². The van der Waals surface area contributed by atoms with Crippen LogP contribution in [0.3, 0.4) is 0 Å². The van der Waals surface area contributed by atoms with Crippen LogP contribution in [0.25, 0.3) is 11.3 Å². The molecule has 142 valence electrons. The third-order valence-corrected chi connectivity index (χ3v) is 5.54. The van der Waals surface area contributed by atoms with Gasteiger partial charge in [0.25, 0.3) is 5.91 Å². The van der Waals surface area contributed by atoms with Crippen molar-refractivity contribution in [1.82, 2.24) is 15.1 Å². The highest BCUT2D eigenvalue weighted by atomic mass is 32.1. The summed E-state index contributed by atoms with van der Waals surface area (Å²) in [6.45, 7) is 1.80. The second kappa shape index (κ2) is 8.45. The van der Waals surface area contributed by atoms with E-state index in [4.69, 9.17) is 5.73 Å². The number of aryl methyl sites for hydroxylation is 2. The maximum atomic E-state index is 12.8. The molecule has 2 heterocycles. The molecular formula is C20H23FN4OS. The van der Waals surface area contributed by atoms with Gasteiger partial charge in [-0.2, -0.15) is 5.10 Å². The summed E-state index contributed by atoms with van der Waals surface area (Å²) in [6, 6.07) is 10.9. The van der Waals surface area contributed by atoms with E-state index in [9.17, 15) is 9.18 Å². The number of aromatic nitrogens is 2. The average molecular weight is 386 g/mol. The van der Waals surface area contributed by atoms with Crippen LogP contribution in [0.4, 0.5) is 4.39 Å². The molecule has 0 aliphatic heterocycles. The van der Waals surface area contributed by atoms with Crippen LogP contribution in [0, 0.1) is 6.92 Å². The Bertz CT molecular complexity index is 934. The van der Waals surface area contributed by atoms with E-state index in [0.717, 1.165) is 21.7 Å². The van der Waals surface area contributed by atoms with Gasteiger partial charge in [-0.1, -0.05) is 24.3 Å². The number of alkyl halides is 1. The summed E-state index contributed by atoms with van der Waals surface area (Å²) in [4.78, 5) is 14.4. The van der Waals surface area contributed by atoms with Gasteiger partial charge >= 0.3 is 0 Å². The first-order valence-electron chi connectivity index (χ1n) is 8.75. The number of hydrogen-bond acceptors (Lipinski definition) is 4. The Morgan fingerprint density at radius 2 is 2.11 bits per heavy atom. The second-order valence-corrected chi connectivity index (χ2v) is 7.74. The van der Waals surface area contributed by atoms with Gasteiger partial charge in [-0.3, -0.25) is 9.48 Å². The topological polar surface area (TPSA) is 72.9 Å². The zero-order valence-corrected chi connectivity index (χ0v) is 16.2. The maximum absolute atomic E-state index is 12.8. The van der Waals surface area contributed by atoms with Crippen LogP contribution in [0.2, 0.25) is 0 Å². The number of amides is 1. The molecule has 1 atom stereocenters. The van der Waals surface area contributed by atoms with Crippen molar-refractivity contribution in [3.05, 3.63) is 63.5 Å². The Balaban J connectivity index is 1.72. The van der Waals surface area contributed by atoms with Crippen molar-refractivity contribution in [1.29, 1.82) is 0 Å². The predicted molar refractivity (Wildman–Crippen MR) is 107 cm³/mol. The summed E-state index contributed by atoms with van der Waals surface area (Å²) in [7, 11) is 1.88. The van der Waals surface area contributed by atoms with E-state index in [2.05, 4.69) is 10.4 Å². The standard InChI is InChI=1S/C20H23FN4OS/c1-13-17(18-6-7-23-25(18)2)10-19(27-13)20(26)24-16(12-22)9-14-4-3-5-15(8-14)11-21/h3-8,10,16H,9,11-12,22H2,1-2H3,(H,24,26)/t16-/m0/s1. The molecule has 27 heavy (non-hydrogen) atoms. The van der Waals surface area contributed by atoms with Crippen LogP contribution in [0.15, 0.2) is 42.6 Å². The van der Waals surface area contributed by atoms with E-state index in [1.165, 1.54) is 11.3 Å². The highest BCUT2D eigenvalue weighted by Gasteiger charge is 2.18. The number of halogens is 1. The molecule has 0 bridgehead atoms. The third-order valence-electron chi connectivity index (χ3n) is 4.49. The van der Waals surface area contributed by atoms with E-state index >= 15 is 0 Å². The summed E-state index contributed by atoms with van der Waals surface area (Å²) in [5, 5.41) is 7.19. The van der Waals surface area contributed by atoms with Crippen LogP contribution in [0.1, 0.15) is 25.7 Å². The SMILES string of the molecule is Cc1sc(C(=O)N[C@H](CN)Cc2cccc(CF)c2)cc1-c1ccnn1C. The first kappa shape index (κ1) is 19.3. The lowest BCUT2D eigenvalue weighted by atomic mass is 10.0. The first-order chi connectivity index (χ1) is 13.0. The zero-order chi connectivity index (χ0) is 19.4. The fourth-order valence-corrected chi connectivity index (χ4v) is 3.99. The van der Waals surface area contributed by atoms with Crippen molar-refractivity contribution in [3.8, 4) is 11.3 Å². The lowest BCUT2D eigenvalue weighted by Gasteiger charge is -2.16. The van der Waals surface area contributed by atoms with Crippen LogP contribution in [0.5, 0.6) is 0 Å². The lowest BCUT2D eigenvalue weighted by Crippen LogP contribution is -2.41. The minimum absolute atomic E-state index is 0.145. The molecule has 0 radical (unpaired) electrons. The van der Waals surface area contributed by atoms with Crippen LogP contribution >= 0.6 is 11.3 Å². The molecule has 3 aromatic rings. The van der Waals surface area contributed by atoms with E-state index < -0.39 is 6.67 Å². The van der Waals surface area contributed by atoms with Gasteiger partial charge in [-0.05, 0) is 36.6 Å². The third kappa shape index (κ3) is 4.43. The summed E-state index contributed by atoms with van der Waals surface area (Å²) >= 11 is 1.45. The second-order valence-electron chi connectivity index (χ2n) is 6.48. The van der Waals surface area contributed by atoms with E-state index in [-0.39, 0.29) is 11.9 Å². The van der Waals surface area contributed by atoms with Crippen LogP contribution in [-0.4, -0.2) is 28.3 Å². The number of hydrogen-bond donors (Lipinski definition) is 2. The zero-order valence-electron chi connectivity index (χ0n) is 15.4. The molecule has 0 aliphatic rings. The number of carbonyl (C=O) groups is 1. The molecule has 1 amide bonds. The predicted octanol–water partition coefficient (Wildman–Crippen LogP) is 3.23. The van der Waals surface area contributed by atoms with Gasteiger partial charge < -0.3 is 11.1 Å². The van der Waals surface area contributed by atoms with Gasteiger partial charge in [0, 0.05) is 36.3 Å². The van der Waals surface area contributed by atoms with Crippen molar-refractivity contribution in [2.45, 2.75) is 26.1 Å². The number of rotatable bonds is 7. The minimum atomic E-state index is -0.501. The Labute approximate surface area is 162 Å².